The molecular weight excluding hydrogens is 837 g/mol. The molecule has 5 aliphatic rings. The molecular formula is C50H60N2O13. The molecule has 4 heterocycles. The maximum Gasteiger partial charge on any atom is 0.343 e. The Hall–Kier alpha value is -5.90. The Bertz CT molecular complexity index is 2370. The van der Waals surface area contributed by atoms with Crippen molar-refractivity contribution >= 4 is 35.2 Å². The molecule has 348 valence electrons. The fraction of sp³-hybridized carbons (Fsp3) is 0.480. The van der Waals surface area contributed by atoms with Crippen molar-refractivity contribution in [2.45, 2.75) is 112 Å². The summed E-state index contributed by atoms with van der Waals surface area (Å²) >= 11 is 0. The number of benzene rings is 2. The molecule has 1 amide bonds. The number of piperidine rings is 1. The number of esters is 2. The van der Waals surface area contributed by atoms with Crippen LogP contribution in [0.5, 0.6) is 11.5 Å². The van der Waals surface area contributed by atoms with Gasteiger partial charge in [0.25, 0.3) is 11.7 Å². The second kappa shape index (κ2) is 19.7. The Morgan fingerprint density at radius 2 is 1.51 bits per heavy atom. The summed E-state index contributed by atoms with van der Waals surface area (Å²) < 4.78 is 30.0. The number of rotatable bonds is 5. The molecule has 1 aliphatic carbocycles. The van der Waals surface area contributed by atoms with E-state index >= 15 is 9.59 Å². The van der Waals surface area contributed by atoms with E-state index in [0.717, 1.165) is 12.0 Å². The molecule has 15 heteroatoms. The first-order valence-electron chi connectivity index (χ1n) is 22.1. The highest BCUT2D eigenvalue weighted by atomic mass is 16.7. The van der Waals surface area contributed by atoms with E-state index < -0.39 is 94.6 Å². The number of aliphatic hydroxyl groups is 2. The van der Waals surface area contributed by atoms with E-state index in [1.807, 2.05) is 6.92 Å². The van der Waals surface area contributed by atoms with E-state index in [1.54, 1.807) is 69.0 Å². The summed E-state index contributed by atoms with van der Waals surface area (Å²) in [6.45, 7) is 15.1. The maximum absolute atomic E-state index is 15.2. The molecule has 4 aliphatic heterocycles. The maximum atomic E-state index is 15.2. The summed E-state index contributed by atoms with van der Waals surface area (Å²) in [7, 11) is 1.43. The lowest BCUT2D eigenvalue weighted by Crippen LogP contribution is -2.46. The summed E-state index contributed by atoms with van der Waals surface area (Å²) in [6, 6.07) is 6.54. The molecule has 9 unspecified atom stereocenters. The lowest BCUT2D eigenvalue weighted by Gasteiger charge is -2.38. The highest BCUT2D eigenvalue weighted by molar-refractivity contribution is 6.32. The van der Waals surface area contributed by atoms with Gasteiger partial charge < -0.3 is 44.1 Å². The number of ether oxygens (including phenoxy) is 5. The van der Waals surface area contributed by atoms with E-state index in [4.69, 9.17) is 23.7 Å². The molecule has 1 saturated heterocycles. The van der Waals surface area contributed by atoms with Crippen molar-refractivity contribution in [1.82, 2.24) is 10.2 Å². The molecule has 65 heavy (non-hydrogen) atoms. The van der Waals surface area contributed by atoms with Crippen LogP contribution < -0.4 is 14.8 Å². The van der Waals surface area contributed by atoms with Crippen LogP contribution in [0.1, 0.15) is 120 Å². The molecule has 3 N–H and O–H groups in total. The average molecular weight is 897 g/mol. The fourth-order valence-corrected chi connectivity index (χ4v) is 9.05. The number of amides is 1. The fourth-order valence-electron chi connectivity index (χ4n) is 9.05. The van der Waals surface area contributed by atoms with Gasteiger partial charge in [0, 0.05) is 68.9 Å². The van der Waals surface area contributed by atoms with Gasteiger partial charge in [-0.15, -0.1) is 0 Å². The van der Waals surface area contributed by atoms with Crippen LogP contribution >= 0.6 is 0 Å². The number of aliphatic hydroxyl groups excluding tert-OH is 2. The standard InChI is InChI=1S/C50H60N2O13/c1-25-17-19-33(20-18-25)49(60)64-45-31(7)46-37-35-36(45)42(56)38(39(43(35)57)52-22-12-11-13-23-52)51-48(59)27(3)16-14-15-26(2)40(54)29(5)41(55)30(6)44(63-32(8)53)28(4)34(61-10)21-24-62-50(9,65-46)47(37)58/h14-21,24,26,28-30,34,40-41,44,54-55H,11-13,22-23H2,1-10H3,(H,51,59)/b15-14+,24-21+,27-16-. The van der Waals surface area contributed by atoms with Crippen LogP contribution in [-0.2, 0) is 23.8 Å². The van der Waals surface area contributed by atoms with E-state index in [1.165, 1.54) is 53.2 Å². The van der Waals surface area contributed by atoms with Gasteiger partial charge in [-0.3, -0.25) is 24.0 Å². The van der Waals surface area contributed by atoms with Gasteiger partial charge in [-0.2, -0.15) is 0 Å². The zero-order valence-electron chi connectivity index (χ0n) is 38.7. The number of aryl methyl sites for hydroxylation is 1. The molecule has 0 saturated carbocycles. The number of likely N-dealkylation sites (tertiary alicyclic amines) is 1. The third-order valence-electron chi connectivity index (χ3n) is 13.1. The highest BCUT2D eigenvalue weighted by Gasteiger charge is 2.53. The van der Waals surface area contributed by atoms with Crippen molar-refractivity contribution in [2.24, 2.45) is 23.7 Å². The van der Waals surface area contributed by atoms with Gasteiger partial charge in [-0.25, -0.2) is 4.79 Å². The van der Waals surface area contributed by atoms with Crippen molar-refractivity contribution in [3.63, 3.8) is 0 Å². The minimum absolute atomic E-state index is 0.0505. The van der Waals surface area contributed by atoms with Crippen LogP contribution in [0.3, 0.4) is 0 Å². The molecule has 2 aromatic carbocycles. The summed E-state index contributed by atoms with van der Waals surface area (Å²) in [5.74, 6) is -9.77. The number of nitrogens with zero attached hydrogens (tertiary/aromatic N) is 1. The van der Waals surface area contributed by atoms with Crippen molar-refractivity contribution < 1.29 is 62.7 Å². The molecule has 9 atom stereocenters. The lowest BCUT2D eigenvalue weighted by molar-refractivity contribution is -0.160. The van der Waals surface area contributed by atoms with E-state index in [9.17, 15) is 29.4 Å². The van der Waals surface area contributed by atoms with Crippen molar-refractivity contribution in [1.29, 1.82) is 0 Å². The Morgan fingerprint density at radius 3 is 2.14 bits per heavy atom. The molecule has 5 bridgehead atoms. The number of carbonyl (C=O) groups is 6. The predicted molar refractivity (Wildman–Crippen MR) is 238 cm³/mol. The Balaban J connectivity index is 1.55. The number of ketones is 3. The SMILES string of the molecule is COC1/C=C/OC2(C)Oc3c(C)c(OC(=O)c4ccc(C)cc4)c4c(c3C2=O)C(=O)C(N2CCCCC2)=C(NC(=O)/C(C)=C\C=C\C(C)C(O)C(C)C(O)C(C)C(OC(C)=O)C1C)C4=O. The number of carbonyl (C=O) groups excluding carboxylic acids is 6. The summed E-state index contributed by atoms with van der Waals surface area (Å²) in [5.41, 5.74) is -0.233. The first-order valence-corrected chi connectivity index (χ1v) is 22.1. The van der Waals surface area contributed by atoms with Gasteiger partial charge in [0.05, 0.1) is 46.8 Å². The highest BCUT2D eigenvalue weighted by Crippen LogP contribution is 2.50. The summed E-state index contributed by atoms with van der Waals surface area (Å²) in [6.07, 6.45) is 5.67. The molecule has 2 aromatic rings. The number of allylic oxidation sites excluding steroid dienone is 4. The van der Waals surface area contributed by atoms with Crippen molar-refractivity contribution in [2.75, 3.05) is 20.2 Å². The predicted octanol–water partition coefficient (Wildman–Crippen LogP) is 6.27. The average Bonchev–Trinajstić information content (AvgIpc) is 3.54. The van der Waals surface area contributed by atoms with Crippen molar-refractivity contribution in [3.05, 3.63) is 105 Å². The first kappa shape index (κ1) is 48.6. The topological polar surface area (TPSA) is 204 Å². The van der Waals surface area contributed by atoms with Gasteiger partial charge in [-0.05, 0) is 58.2 Å². The Labute approximate surface area is 379 Å². The minimum Gasteiger partial charge on any atom is -0.462 e. The van der Waals surface area contributed by atoms with Crippen LogP contribution in [0.4, 0.5) is 0 Å². The summed E-state index contributed by atoms with van der Waals surface area (Å²) in [4.78, 5) is 87.3. The van der Waals surface area contributed by atoms with Crippen LogP contribution in [-0.4, -0.2) is 101 Å². The molecule has 1 fully saturated rings. The number of nitrogens with one attached hydrogen (secondary N) is 1. The minimum atomic E-state index is -2.13. The zero-order chi connectivity index (χ0) is 47.7. The van der Waals surface area contributed by atoms with Crippen LogP contribution in [0.25, 0.3) is 0 Å². The van der Waals surface area contributed by atoms with Gasteiger partial charge in [0.1, 0.15) is 29.0 Å². The zero-order valence-corrected chi connectivity index (χ0v) is 38.7. The van der Waals surface area contributed by atoms with Crippen LogP contribution in [0.15, 0.2) is 71.8 Å². The van der Waals surface area contributed by atoms with Gasteiger partial charge in [-0.1, -0.05) is 63.6 Å². The third-order valence-corrected chi connectivity index (χ3v) is 13.1. The molecule has 7 rings (SSSR count). The van der Waals surface area contributed by atoms with Gasteiger partial charge in [0.2, 0.25) is 11.6 Å². The number of methoxy groups -OCH3 is 1. The van der Waals surface area contributed by atoms with Gasteiger partial charge >= 0.3 is 17.7 Å². The van der Waals surface area contributed by atoms with Crippen molar-refractivity contribution in [3.8, 4) is 11.5 Å². The molecule has 0 radical (unpaired) electrons. The Kier molecular flexibility index (Phi) is 14.7. The quantitative estimate of drug-likeness (QED) is 0.224. The number of fused-ring (bicyclic) bond motifs is 14. The second-order valence-electron chi connectivity index (χ2n) is 17.8. The van der Waals surface area contributed by atoms with E-state index in [0.29, 0.717) is 25.9 Å². The van der Waals surface area contributed by atoms with E-state index in [-0.39, 0.29) is 50.7 Å². The second-order valence-corrected chi connectivity index (χ2v) is 17.8. The molecule has 0 spiro atoms. The largest absolute Gasteiger partial charge is 0.462 e. The number of hydrogen-bond donors (Lipinski definition) is 3. The van der Waals surface area contributed by atoms with Crippen LogP contribution in [0.2, 0.25) is 0 Å². The number of hydrogen-bond acceptors (Lipinski definition) is 14. The van der Waals surface area contributed by atoms with Gasteiger partial charge in [0.15, 0.2) is 0 Å². The smallest absolute Gasteiger partial charge is 0.343 e. The molecule has 15 nitrogen and oxygen atoms in total. The van der Waals surface area contributed by atoms with Crippen LogP contribution in [0, 0.1) is 37.5 Å². The third kappa shape index (κ3) is 9.59. The first-order chi connectivity index (χ1) is 30.7. The number of Topliss-reactive ketones (excluding diaryl/α,β-unsaturated/α-hetero) is 3. The normalized spacial score (nSPS) is 30.7. The lowest BCUT2D eigenvalue weighted by atomic mass is 9.78. The van der Waals surface area contributed by atoms with E-state index in [2.05, 4.69) is 5.32 Å². The summed E-state index contributed by atoms with van der Waals surface area (Å²) in [5, 5.41) is 25.7. The molecule has 0 aromatic heterocycles. The monoisotopic (exact) mass is 896 g/mol. The Morgan fingerprint density at radius 1 is 0.846 bits per heavy atom.